The topological polar surface area (TPSA) is 66.5 Å². The zero-order valence-electron chi connectivity index (χ0n) is 11.7. The molecule has 0 aliphatic carbocycles. The molecule has 1 aromatic carbocycles. The minimum atomic E-state index is -3.40. The first-order chi connectivity index (χ1) is 10.0. The third-order valence-corrected chi connectivity index (χ3v) is 5.82. The number of amides is 1. The fourth-order valence-corrected chi connectivity index (χ4v) is 3.99. The highest BCUT2D eigenvalue weighted by Crippen LogP contribution is 2.23. The minimum absolute atomic E-state index is 0.0404. The molecule has 0 atom stereocenters. The molecule has 1 saturated heterocycles. The summed E-state index contributed by atoms with van der Waals surface area (Å²) in [5.74, 6) is 0.0803. The highest BCUT2D eigenvalue weighted by Gasteiger charge is 2.29. The van der Waals surface area contributed by atoms with E-state index in [2.05, 4.69) is 5.32 Å². The van der Waals surface area contributed by atoms with E-state index in [0.717, 1.165) is 12.8 Å². The van der Waals surface area contributed by atoms with Crippen molar-refractivity contribution >= 4 is 27.5 Å². The van der Waals surface area contributed by atoms with Crippen LogP contribution in [0.15, 0.2) is 35.2 Å². The smallest absolute Gasteiger partial charge is 0.243 e. The normalized spacial score (nSPS) is 17.6. The van der Waals surface area contributed by atoms with Crippen LogP contribution >= 0.6 is 11.6 Å². The van der Waals surface area contributed by atoms with Gasteiger partial charge in [0.05, 0.1) is 4.90 Å². The van der Waals surface area contributed by atoms with E-state index in [1.807, 2.05) is 0 Å². The SMILES string of the molecule is O=C(CCl)NCC1CCN(S(=O)(=O)c2ccccc2)CC1. The summed E-state index contributed by atoms with van der Waals surface area (Å²) in [5, 5.41) is 2.75. The second-order valence-electron chi connectivity index (χ2n) is 5.10. The predicted octanol–water partition coefficient (Wildman–Crippen LogP) is 1.44. The van der Waals surface area contributed by atoms with Crippen LogP contribution in [0.3, 0.4) is 0 Å². The van der Waals surface area contributed by atoms with Gasteiger partial charge in [-0.15, -0.1) is 11.6 Å². The predicted molar refractivity (Wildman–Crippen MR) is 81.7 cm³/mol. The quantitative estimate of drug-likeness (QED) is 0.831. The number of hydrogen-bond acceptors (Lipinski definition) is 3. The standard InChI is InChI=1S/C14H19ClN2O3S/c15-10-14(18)16-11-12-6-8-17(9-7-12)21(19,20)13-4-2-1-3-5-13/h1-5,12H,6-11H2,(H,16,18). The van der Waals surface area contributed by atoms with Crippen molar-refractivity contribution in [3.8, 4) is 0 Å². The molecule has 1 heterocycles. The first kappa shape index (κ1) is 16.3. The van der Waals surface area contributed by atoms with E-state index in [-0.39, 0.29) is 11.8 Å². The van der Waals surface area contributed by atoms with Gasteiger partial charge in [-0.3, -0.25) is 4.79 Å². The van der Waals surface area contributed by atoms with Gasteiger partial charge in [0.25, 0.3) is 0 Å². The Bertz CT molecular complexity index is 569. The molecule has 0 aromatic heterocycles. The maximum absolute atomic E-state index is 12.4. The number of rotatable bonds is 5. The summed E-state index contributed by atoms with van der Waals surface area (Å²) in [6, 6.07) is 8.47. The number of halogens is 1. The summed E-state index contributed by atoms with van der Waals surface area (Å²) < 4.78 is 26.4. The van der Waals surface area contributed by atoms with Gasteiger partial charge in [-0.25, -0.2) is 8.42 Å². The summed E-state index contributed by atoms with van der Waals surface area (Å²) in [6.07, 6.45) is 1.49. The lowest BCUT2D eigenvalue weighted by atomic mass is 9.98. The van der Waals surface area contributed by atoms with E-state index < -0.39 is 10.0 Å². The Morgan fingerprint density at radius 2 is 1.86 bits per heavy atom. The molecule has 116 valence electrons. The van der Waals surface area contributed by atoms with Gasteiger partial charge in [0, 0.05) is 19.6 Å². The molecule has 2 rings (SSSR count). The monoisotopic (exact) mass is 330 g/mol. The number of alkyl halides is 1. The highest BCUT2D eigenvalue weighted by molar-refractivity contribution is 7.89. The molecule has 1 aliphatic heterocycles. The highest BCUT2D eigenvalue weighted by atomic mass is 35.5. The Hall–Kier alpha value is -1.11. The number of benzene rings is 1. The third kappa shape index (κ3) is 4.18. The lowest BCUT2D eigenvalue weighted by Crippen LogP contribution is -2.41. The second kappa shape index (κ2) is 7.24. The van der Waals surface area contributed by atoms with Gasteiger partial charge in [0.15, 0.2) is 0 Å². The largest absolute Gasteiger partial charge is 0.355 e. The Morgan fingerprint density at radius 3 is 2.43 bits per heavy atom. The minimum Gasteiger partial charge on any atom is -0.355 e. The number of carbonyl (C=O) groups excluding carboxylic acids is 1. The van der Waals surface area contributed by atoms with Gasteiger partial charge >= 0.3 is 0 Å². The van der Waals surface area contributed by atoms with Crippen molar-refractivity contribution in [1.82, 2.24) is 9.62 Å². The van der Waals surface area contributed by atoms with Crippen LogP contribution in [0, 0.1) is 5.92 Å². The fourth-order valence-electron chi connectivity index (χ4n) is 2.40. The summed E-state index contributed by atoms with van der Waals surface area (Å²) in [5.41, 5.74) is 0. The summed E-state index contributed by atoms with van der Waals surface area (Å²) in [6.45, 7) is 1.53. The van der Waals surface area contributed by atoms with E-state index in [4.69, 9.17) is 11.6 Å². The molecular weight excluding hydrogens is 312 g/mol. The molecule has 0 saturated carbocycles. The first-order valence-electron chi connectivity index (χ1n) is 6.92. The van der Waals surface area contributed by atoms with Crippen LogP contribution in [-0.2, 0) is 14.8 Å². The molecule has 7 heteroatoms. The van der Waals surface area contributed by atoms with E-state index in [9.17, 15) is 13.2 Å². The summed E-state index contributed by atoms with van der Waals surface area (Å²) >= 11 is 5.42. The van der Waals surface area contributed by atoms with Crippen molar-refractivity contribution in [3.05, 3.63) is 30.3 Å². The number of piperidine rings is 1. The lowest BCUT2D eigenvalue weighted by Gasteiger charge is -2.31. The fraction of sp³-hybridized carbons (Fsp3) is 0.500. The van der Waals surface area contributed by atoms with E-state index in [1.165, 1.54) is 4.31 Å². The molecule has 1 amide bonds. The zero-order valence-corrected chi connectivity index (χ0v) is 13.2. The molecular formula is C14H19ClN2O3S. The van der Waals surface area contributed by atoms with Gasteiger partial charge in [-0.2, -0.15) is 4.31 Å². The second-order valence-corrected chi connectivity index (χ2v) is 7.30. The van der Waals surface area contributed by atoms with Crippen molar-refractivity contribution in [2.24, 2.45) is 5.92 Å². The zero-order chi connectivity index (χ0) is 15.3. The van der Waals surface area contributed by atoms with E-state index in [0.29, 0.717) is 30.4 Å². The first-order valence-corrected chi connectivity index (χ1v) is 8.89. The Balaban J connectivity index is 1.90. The maximum Gasteiger partial charge on any atom is 0.243 e. The van der Waals surface area contributed by atoms with Crippen LogP contribution in [0.25, 0.3) is 0 Å². The van der Waals surface area contributed by atoms with E-state index >= 15 is 0 Å². The van der Waals surface area contributed by atoms with Crippen LogP contribution in [0.5, 0.6) is 0 Å². The van der Waals surface area contributed by atoms with Crippen molar-refractivity contribution in [1.29, 1.82) is 0 Å². The summed E-state index contributed by atoms with van der Waals surface area (Å²) in [4.78, 5) is 11.4. The van der Waals surface area contributed by atoms with E-state index in [1.54, 1.807) is 30.3 Å². The molecule has 5 nitrogen and oxygen atoms in total. The average Bonchev–Trinajstić information content (AvgIpc) is 2.53. The van der Waals surface area contributed by atoms with Crippen molar-refractivity contribution in [3.63, 3.8) is 0 Å². The van der Waals surface area contributed by atoms with Crippen LogP contribution in [0.4, 0.5) is 0 Å². The Labute approximate surface area is 130 Å². The van der Waals surface area contributed by atoms with Gasteiger partial charge in [0.2, 0.25) is 15.9 Å². The Kier molecular flexibility index (Phi) is 5.61. The van der Waals surface area contributed by atoms with Crippen LogP contribution in [0.1, 0.15) is 12.8 Å². The number of hydrogen-bond donors (Lipinski definition) is 1. The molecule has 1 aliphatic rings. The summed E-state index contributed by atoms with van der Waals surface area (Å²) in [7, 11) is -3.40. The third-order valence-electron chi connectivity index (χ3n) is 3.66. The Morgan fingerprint density at radius 1 is 1.24 bits per heavy atom. The van der Waals surface area contributed by atoms with Gasteiger partial charge in [0.1, 0.15) is 5.88 Å². The average molecular weight is 331 g/mol. The molecule has 1 fully saturated rings. The number of nitrogens with one attached hydrogen (secondary N) is 1. The molecule has 1 aromatic rings. The number of carbonyl (C=O) groups is 1. The van der Waals surface area contributed by atoms with Crippen molar-refractivity contribution in [2.45, 2.75) is 17.7 Å². The van der Waals surface area contributed by atoms with Gasteiger partial charge < -0.3 is 5.32 Å². The molecule has 0 spiro atoms. The van der Waals surface area contributed by atoms with Gasteiger partial charge in [-0.05, 0) is 30.9 Å². The lowest BCUT2D eigenvalue weighted by molar-refractivity contribution is -0.118. The molecule has 21 heavy (non-hydrogen) atoms. The van der Waals surface area contributed by atoms with Crippen molar-refractivity contribution in [2.75, 3.05) is 25.5 Å². The number of sulfonamides is 1. The maximum atomic E-state index is 12.4. The van der Waals surface area contributed by atoms with Crippen LogP contribution < -0.4 is 5.32 Å². The molecule has 0 bridgehead atoms. The molecule has 1 N–H and O–H groups in total. The molecule has 0 radical (unpaired) electrons. The van der Waals surface area contributed by atoms with Crippen LogP contribution in [0.2, 0.25) is 0 Å². The molecule has 0 unspecified atom stereocenters. The number of nitrogens with zero attached hydrogens (tertiary/aromatic N) is 1. The van der Waals surface area contributed by atoms with Gasteiger partial charge in [-0.1, -0.05) is 18.2 Å². The van der Waals surface area contributed by atoms with Crippen molar-refractivity contribution < 1.29 is 13.2 Å². The van der Waals surface area contributed by atoms with Crippen LogP contribution in [-0.4, -0.2) is 44.1 Å².